The van der Waals surface area contributed by atoms with Crippen molar-refractivity contribution in [1.29, 1.82) is 0 Å². The molecule has 0 aliphatic carbocycles. The molecule has 0 fully saturated rings. The van der Waals surface area contributed by atoms with E-state index in [4.69, 9.17) is 9.15 Å². The van der Waals surface area contributed by atoms with E-state index < -0.39 is 0 Å². The molecule has 1 rings (SSSR count). The number of furan rings is 1. The van der Waals surface area contributed by atoms with Crippen LogP contribution in [0.25, 0.3) is 0 Å². The van der Waals surface area contributed by atoms with Crippen LogP contribution in [-0.2, 0) is 16.1 Å². The predicted octanol–water partition coefficient (Wildman–Crippen LogP) is 0.474. The Bertz CT molecular complexity index is 298. The summed E-state index contributed by atoms with van der Waals surface area (Å²) in [6, 6.07) is 3.66. The van der Waals surface area contributed by atoms with E-state index in [1.54, 1.807) is 25.3 Å². The zero-order chi connectivity index (χ0) is 11.8. The minimum absolute atomic E-state index is 0.0347. The highest BCUT2D eigenvalue weighted by atomic mass is 16.5. The van der Waals surface area contributed by atoms with Gasteiger partial charge in [0.1, 0.15) is 5.76 Å². The van der Waals surface area contributed by atoms with Crippen LogP contribution in [0.15, 0.2) is 22.8 Å². The summed E-state index contributed by atoms with van der Waals surface area (Å²) in [6.07, 6.45) is 1.60. The van der Waals surface area contributed by atoms with Crippen molar-refractivity contribution in [3.63, 3.8) is 0 Å². The SMILES string of the molecule is COCCNCC(=O)N(C)Cc1ccco1. The first-order chi connectivity index (χ1) is 7.74. The van der Waals surface area contributed by atoms with E-state index in [0.717, 1.165) is 5.76 Å². The second-order valence-electron chi connectivity index (χ2n) is 3.50. The maximum atomic E-state index is 11.6. The number of nitrogens with one attached hydrogen (secondary N) is 1. The molecule has 0 bridgehead atoms. The molecular formula is C11H18N2O3. The first kappa shape index (κ1) is 12.7. The summed E-state index contributed by atoms with van der Waals surface area (Å²) in [7, 11) is 3.38. The summed E-state index contributed by atoms with van der Waals surface area (Å²) in [4.78, 5) is 13.2. The Kier molecular flexibility index (Phi) is 5.60. The summed E-state index contributed by atoms with van der Waals surface area (Å²) in [6.45, 7) is 2.10. The van der Waals surface area contributed by atoms with Gasteiger partial charge in [0, 0.05) is 20.7 Å². The molecule has 1 aromatic heterocycles. The van der Waals surface area contributed by atoms with Gasteiger partial charge < -0.3 is 19.4 Å². The van der Waals surface area contributed by atoms with Crippen molar-refractivity contribution in [2.75, 3.05) is 33.9 Å². The molecule has 0 aliphatic heterocycles. The standard InChI is InChI=1S/C11H18N2O3/c1-13(9-10-4-3-6-16-10)11(14)8-12-5-7-15-2/h3-4,6,12H,5,7-9H2,1-2H3. The molecule has 0 unspecified atom stereocenters. The minimum atomic E-state index is 0.0347. The van der Waals surface area contributed by atoms with Crippen molar-refractivity contribution >= 4 is 5.91 Å². The zero-order valence-corrected chi connectivity index (χ0v) is 9.73. The predicted molar refractivity (Wildman–Crippen MR) is 59.9 cm³/mol. The quantitative estimate of drug-likeness (QED) is 0.687. The van der Waals surface area contributed by atoms with Crippen LogP contribution >= 0.6 is 0 Å². The molecule has 0 aromatic carbocycles. The molecule has 1 aromatic rings. The molecule has 1 heterocycles. The van der Waals surface area contributed by atoms with E-state index >= 15 is 0 Å². The topological polar surface area (TPSA) is 54.7 Å². The van der Waals surface area contributed by atoms with Gasteiger partial charge in [-0.15, -0.1) is 0 Å². The van der Waals surface area contributed by atoms with Gasteiger partial charge in [-0.1, -0.05) is 0 Å². The van der Waals surface area contributed by atoms with Crippen LogP contribution in [0.2, 0.25) is 0 Å². The lowest BCUT2D eigenvalue weighted by atomic mass is 10.4. The van der Waals surface area contributed by atoms with Gasteiger partial charge in [0.2, 0.25) is 5.91 Å². The Morgan fingerprint density at radius 1 is 1.62 bits per heavy atom. The number of hydrogen-bond acceptors (Lipinski definition) is 4. The van der Waals surface area contributed by atoms with Gasteiger partial charge in [0.15, 0.2) is 0 Å². The second kappa shape index (κ2) is 7.03. The van der Waals surface area contributed by atoms with Crippen molar-refractivity contribution in [2.24, 2.45) is 0 Å². The number of carbonyl (C=O) groups excluding carboxylic acids is 1. The molecule has 90 valence electrons. The Morgan fingerprint density at radius 3 is 3.06 bits per heavy atom. The fourth-order valence-electron chi connectivity index (χ4n) is 1.23. The van der Waals surface area contributed by atoms with Crippen LogP contribution in [0.4, 0.5) is 0 Å². The summed E-state index contributed by atoms with van der Waals surface area (Å²) in [5, 5.41) is 3.00. The Labute approximate surface area is 95.4 Å². The number of ether oxygens (including phenoxy) is 1. The first-order valence-electron chi connectivity index (χ1n) is 5.20. The van der Waals surface area contributed by atoms with Crippen LogP contribution in [0.5, 0.6) is 0 Å². The van der Waals surface area contributed by atoms with Gasteiger partial charge in [0.05, 0.1) is 26.0 Å². The average Bonchev–Trinajstić information content (AvgIpc) is 2.76. The number of likely N-dealkylation sites (N-methyl/N-ethyl adjacent to an activating group) is 1. The van der Waals surface area contributed by atoms with E-state index in [1.807, 2.05) is 12.1 Å². The third-order valence-corrected chi connectivity index (χ3v) is 2.16. The summed E-state index contributed by atoms with van der Waals surface area (Å²) < 4.78 is 10.0. The van der Waals surface area contributed by atoms with E-state index in [9.17, 15) is 4.79 Å². The Balaban J connectivity index is 2.20. The molecular weight excluding hydrogens is 208 g/mol. The van der Waals surface area contributed by atoms with Crippen molar-refractivity contribution in [3.8, 4) is 0 Å². The molecule has 0 saturated heterocycles. The minimum Gasteiger partial charge on any atom is -0.467 e. The molecule has 5 heteroatoms. The Hall–Kier alpha value is -1.33. The van der Waals surface area contributed by atoms with Gasteiger partial charge in [-0.25, -0.2) is 0 Å². The summed E-state index contributed by atoms with van der Waals surface area (Å²) in [5.74, 6) is 0.820. The van der Waals surface area contributed by atoms with Crippen LogP contribution in [-0.4, -0.2) is 44.7 Å². The van der Waals surface area contributed by atoms with Gasteiger partial charge in [0.25, 0.3) is 0 Å². The molecule has 0 atom stereocenters. The van der Waals surface area contributed by atoms with Gasteiger partial charge in [-0.2, -0.15) is 0 Å². The third kappa shape index (κ3) is 4.46. The fraction of sp³-hybridized carbons (Fsp3) is 0.545. The van der Waals surface area contributed by atoms with Crippen molar-refractivity contribution < 1.29 is 13.9 Å². The first-order valence-corrected chi connectivity index (χ1v) is 5.20. The molecule has 0 radical (unpaired) electrons. The normalized spacial score (nSPS) is 10.4. The summed E-state index contributed by atoms with van der Waals surface area (Å²) >= 11 is 0. The average molecular weight is 226 g/mol. The lowest BCUT2D eigenvalue weighted by Crippen LogP contribution is -2.36. The lowest BCUT2D eigenvalue weighted by Gasteiger charge is -2.15. The summed E-state index contributed by atoms with van der Waals surface area (Å²) in [5.41, 5.74) is 0. The van der Waals surface area contributed by atoms with Crippen molar-refractivity contribution in [2.45, 2.75) is 6.54 Å². The lowest BCUT2D eigenvalue weighted by molar-refractivity contribution is -0.129. The number of nitrogens with zero attached hydrogens (tertiary/aromatic N) is 1. The molecule has 0 aliphatic rings. The maximum Gasteiger partial charge on any atom is 0.236 e. The van der Waals surface area contributed by atoms with E-state index in [2.05, 4.69) is 5.32 Å². The fourth-order valence-corrected chi connectivity index (χ4v) is 1.23. The van der Waals surface area contributed by atoms with Crippen LogP contribution in [0.3, 0.4) is 0 Å². The molecule has 1 amide bonds. The monoisotopic (exact) mass is 226 g/mol. The van der Waals surface area contributed by atoms with Crippen LogP contribution in [0.1, 0.15) is 5.76 Å². The van der Waals surface area contributed by atoms with Crippen LogP contribution < -0.4 is 5.32 Å². The highest BCUT2D eigenvalue weighted by molar-refractivity contribution is 5.77. The van der Waals surface area contributed by atoms with Gasteiger partial charge in [-0.3, -0.25) is 4.79 Å². The van der Waals surface area contributed by atoms with Crippen molar-refractivity contribution in [3.05, 3.63) is 24.2 Å². The third-order valence-electron chi connectivity index (χ3n) is 2.16. The molecule has 16 heavy (non-hydrogen) atoms. The van der Waals surface area contributed by atoms with Crippen molar-refractivity contribution in [1.82, 2.24) is 10.2 Å². The number of amides is 1. The molecule has 1 N–H and O–H groups in total. The number of methoxy groups -OCH3 is 1. The van der Waals surface area contributed by atoms with Gasteiger partial charge in [-0.05, 0) is 12.1 Å². The van der Waals surface area contributed by atoms with E-state index in [1.165, 1.54) is 0 Å². The smallest absolute Gasteiger partial charge is 0.236 e. The maximum absolute atomic E-state index is 11.6. The number of rotatable bonds is 7. The highest BCUT2D eigenvalue weighted by Gasteiger charge is 2.09. The van der Waals surface area contributed by atoms with E-state index in [-0.39, 0.29) is 5.91 Å². The molecule has 5 nitrogen and oxygen atoms in total. The van der Waals surface area contributed by atoms with Gasteiger partial charge >= 0.3 is 0 Å². The highest BCUT2D eigenvalue weighted by Crippen LogP contribution is 2.03. The second-order valence-corrected chi connectivity index (χ2v) is 3.50. The molecule has 0 saturated carbocycles. The number of hydrogen-bond donors (Lipinski definition) is 1. The van der Waals surface area contributed by atoms with Crippen LogP contribution in [0, 0.1) is 0 Å². The molecule has 0 spiro atoms. The van der Waals surface area contributed by atoms with E-state index in [0.29, 0.717) is 26.2 Å². The zero-order valence-electron chi connectivity index (χ0n) is 9.73. The Morgan fingerprint density at radius 2 is 2.44 bits per heavy atom. The number of carbonyl (C=O) groups is 1. The largest absolute Gasteiger partial charge is 0.467 e.